The van der Waals surface area contributed by atoms with Crippen molar-refractivity contribution in [3.63, 3.8) is 0 Å². The van der Waals surface area contributed by atoms with Crippen molar-refractivity contribution >= 4 is 23.5 Å². The number of alkyl halides is 3. The van der Waals surface area contributed by atoms with E-state index in [1.54, 1.807) is 0 Å². The van der Waals surface area contributed by atoms with Crippen LogP contribution in [0.25, 0.3) is 0 Å². The zero-order valence-electron chi connectivity index (χ0n) is 14.9. The number of halogens is 3. The molecule has 0 aliphatic rings. The van der Waals surface area contributed by atoms with Crippen molar-refractivity contribution in [2.45, 2.75) is 19.5 Å². The largest absolute Gasteiger partial charge is 0.465 e. The lowest BCUT2D eigenvalue weighted by molar-refractivity contribution is -0.138. The molecular weight excluding hydrogens is 379 g/mol. The van der Waals surface area contributed by atoms with Gasteiger partial charge in [0.05, 0.1) is 19.1 Å². The normalized spacial score (nSPS) is 10.9. The highest BCUT2D eigenvalue weighted by Gasteiger charge is 2.33. The standard InChI is InChI=1S/C19H16F3NO5/c1-11(24)28-16-8-7-13(10-14(16)18(26)27-2)23-17(25)9-12-5-3-4-6-15(12)19(20,21)22/h3-8,10H,9H2,1-2H3,(H,23,25). The summed E-state index contributed by atoms with van der Waals surface area (Å²) in [4.78, 5) is 35.2. The third kappa shape index (κ3) is 5.32. The Labute approximate surface area is 158 Å². The number of rotatable bonds is 5. The van der Waals surface area contributed by atoms with Gasteiger partial charge in [-0.1, -0.05) is 18.2 Å². The molecule has 0 saturated carbocycles. The quantitative estimate of drug-likeness (QED) is 0.618. The number of amides is 1. The maximum Gasteiger partial charge on any atom is 0.416 e. The number of hydrogen-bond donors (Lipinski definition) is 1. The van der Waals surface area contributed by atoms with Gasteiger partial charge in [0.2, 0.25) is 5.91 Å². The Balaban J connectivity index is 2.23. The first-order valence-electron chi connectivity index (χ1n) is 7.97. The van der Waals surface area contributed by atoms with E-state index in [4.69, 9.17) is 4.74 Å². The SMILES string of the molecule is COC(=O)c1cc(NC(=O)Cc2ccccc2C(F)(F)F)ccc1OC(C)=O. The Morgan fingerprint density at radius 2 is 1.75 bits per heavy atom. The molecule has 148 valence electrons. The highest BCUT2D eigenvalue weighted by Crippen LogP contribution is 2.32. The average molecular weight is 395 g/mol. The summed E-state index contributed by atoms with van der Waals surface area (Å²) in [6.45, 7) is 1.15. The minimum absolute atomic E-state index is 0.0697. The summed E-state index contributed by atoms with van der Waals surface area (Å²) < 4.78 is 48.6. The van der Waals surface area contributed by atoms with Crippen LogP contribution in [0.4, 0.5) is 18.9 Å². The van der Waals surface area contributed by atoms with Crippen LogP contribution < -0.4 is 10.1 Å². The van der Waals surface area contributed by atoms with Crippen molar-refractivity contribution in [2.24, 2.45) is 0 Å². The summed E-state index contributed by atoms with van der Waals surface area (Å²) in [6.07, 6.45) is -5.10. The molecule has 0 saturated heterocycles. The molecule has 28 heavy (non-hydrogen) atoms. The molecule has 1 N–H and O–H groups in total. The number of methoxy groups -OCH3 is 1. The molecule has 0 atom stereocenters. The van der Waals surface area contributed by atoms with Gasteiger partial charge in [-0.05, 0) is 29.8 Å². The molecule has 2 aromatic rings. The van der Waals surface area contributed by atoms with Crippen LogP contribution in [0.5, 0.6) is 5.75 Å². The van der Waals surface area contributed by atoms with Crippen LogP contribution in [-0.4, -0.2) is 25.0 Å². The molecule has 9 heteroatoms. The fraction of sp³-hybridized carbons (Fsp3) is 0.211. The molecule has 0 radical (unpaired) electrons. The van der Waals surface area contributed by atoms with Crippen molar-refractivity contribution < 1.29 is 37.0 Å². The van der Waals surface area contributed by atoms with Crippen molar-refractivity contribution in [2.75, 3.05) is 12.4 Å². The maximum atomic E-state index is 13.0. The number of ether oxygens (including phenoxy) is 2. The van der Waals surface area contributed by atoms with Crippen molar-refractivity contribution in [3.8, 4) is 5.75 Å². The van der Waals surface area contributed by atoms with Crippen LogP contribution in [0.1, 0.15) is 28.4 Å². The summed E-state index contributed by atoms with van der Waals surface area (Å²) >= 11 is 0. The van der Waals surface area contributed by atoms with E-state index in [1.165, 1.54) is 36.4 Å². The molecule has 2 aromatic carbocycles. The fourth-order valence-electron chi connectivity index (χ4n) is 2.45. The molecule has 1 amide bonds. The van der Waals surface area contributed by atoms with Crippen LogP contribution in [-0.2, 0) is 26.9 Å². The first-order valence-corrected chi connectivity index (χ1v) is 7.97. The van der Waals surface area contributed by atoms with E-state index in [1.807, 2.05) is 0 Å². The highest BCUT2D eigenvalue weighted by atomic mass is 19.4. The molecule has 6 nitrogen and oxygen atoms in total. The number of hydrogen-bond acceptors (Lipinski definition) is 5. The van der Waals surface area contributed by atoms with Crippen LogP contribution in [0.15, 0.2) is 42.5 Å². The lowest BCUT2D eigenvalue weighted by Crippen LogP contribution is -2.18. The average Bonchev–Trinajstić information content (AvgIpc) is 2.61. The first-order chi connectivity index (χ1) is 13.1. The first kappa shape index (κ1) is 20.9. The van der Waals surface area contributed by atoms with Gasteiger partial charge in [-0.3, -0.25) is 9.59 Å². The van der Waals surface area contributed by atoms with Gasteiger partial charge in [-0.25, -0.2) is 4.79 Å². The van der Waals surface area contributed by atoms with Gasteiger partial charge in [0.25, 0.3) is 0 Å². The number of esters is 2. The Kier molecular flexibility index (Phi) is 6.40. The number of carbonyl (C=O) groups is 3. The zero-order chi connectivity index (χ0) is 20.9. The minimum Gasteiger partial charge on any atom is -0.465 e. The van der Waals surface area contributed by atoms with Gasteiger partial charge in [0.15, 0.2) is 0 Å². The molecule has 0 unspecified atom stereocenters. The van der Waals surface area contributed by atoms with Gasteiger partial charge in [-0.2, -0.15) is 13.2 Å². The summed E-state index contributed by atoms with van der Waals surface area (Å²) in [5.41, 5.74) is -1.07. The molecule has 0 bridgehead atoms. The zero-order valence-corrected chi connectivity index (χ0v) is 14.9. The number of nitrogens with one attached hydrogen (secondary N) is 1. The summed E-state index contributed by atoms with van der Waals surface area (Å²) in [5, 5.41) is 2.41. The highest BCUT2D eigenvalue weighted by molar-refractivity contribution is 5.97. The van der Waals surface area contributed by atoms with E-state index in [9.17, 15) is 27.6 Å². The van der Waals surface area contributed by atoms with Gasteiger partial charge in [-0.15, -0.1) is 0 Å². The Bertz CT molecular complexity index is 909. The molecule has 2 rings (SSSR count). The Morgan fingerprint density at radius 1 is 1.07 bits per heavy atom. The van der Waals surface area contributed by atoms with Gasteiger partial charge in [0.1, 0.15) is 11.3 Å². The molecule has 0 heterocycles. The minimum atomic E-state index is -4.58. The third-order valence-corrected chi connectivity index (χ3v) is 3.60. The maximum absolute atomic E-state index is 13.0. The van der Waals surface area contributed by atoms with E-state index in [-0.39, 0.29) is 22.6 Å². The molecule has 0 aliphatic carbocycles. The molecule has 0 aromatic heterocycles. The third-order valence-electron chi connectivity index (χ3n) is 3.60. The summed E-state index contributed by atoms with van der Waals surface area (Å²) in [7, 11) is 1.12. The summed E-state index contributed by atoms with van der Waals surface area (Å²) in [5.74, 6) is -2.26. The number of anilines is 1. The smallest absolute Gasteiger partial charge is 0.416 e. The van der Waals surface area contributed by atoms with Crippen molar-refractivity contribution in [1.29, 1.82) is 0 Å². The van der Waals surface area contributed by atoms with Gasteiger partial charge >= 0.3 is 18.1 Å². The van der Waals surface area contributed by atoms with E-state index < -0.39 is 36.0 Å². The van der Waals surface area contributed by atoms with Crippen molar-refractivity contribution in [1.82, 2.24) is 0 Å². The topological polar surface area (TPSA) is 81.7 Å². The molecule has 0 fully saturated rings. The van der Waals surface area contributed by atoms with Gasteiger partial charge < -0.3 is 14.8 Å². The second kappa shape index (κ2) is 8.55. The number of benzene rings is 2. The van der Waals surface area contributed by atoms with Crippen LogP contribution >= 0.6 is 0 Å². The van der Waals surface area contributed by atoms with E-state index in [0.717, 1.165) is 20.1 Å². The lowest BCUT2D eigenvalue weighted by Gasteiger charge is -2.13. The van der Waals surface area contributed by atoms with Crippen LogP contribution in [0, 0.1) is 0 Å². The monoisotopic (exact) mass is 395 g/mol. The van der Waals surface area contributed by atoms with E-state index >= 15 is 0 Å². The van der Waals surface area contributed by atoms with E-state index in [2.05, 4.69) is 10.1 Å². The molecule has 0 spiro atoms. The second-order valence-corrected chi connectivity index (χ2v) is 5.68. The van der Waals surface area contributed by atoms with Crippen LogP contribution in [0.2, 0.25) is 0 Å². The van der Waals surface area contributed by atoms with Gasteiger partial charge in [0, 0.05) is 12.6 Å². The van der Waals surface area contributed by atoms with Crippen molar-refractivity contribution in [3.05, 3.63) is 59.2 Å². The lowest BCUT2D eigenvalue weighted by atomic mass is 10.0. The second-order valence-electron chi connectivity index (χ2n) is 5.68. The predicted molar refractivity (Wildman–Crippen MR) is 92.9 cm³/mol. The Morgan fingerprint density at radius 3 is 2.36 bits per heavy atom. The van der Waals surface area contributed by atoms with Crippen LogP contribution in [0.3, 0.4) is 0 Å². The predicted octanol–water partition coefficient (Wildman–Crippen LogP) is 3.60. The van der Waals surface area contributed by atoms with E-state index in [0.29, 0.717) is 0 Å². The molecular formula is C19H16F3NO5. The fourth-order valence-corrected chi connectivity index (χ4v) is 2.45. The Hall–Kier alpha value is -3.36. The molecule has 0 aliphatic heterocycles. The summed E-state index contributed by atoms with van der Waals surface area (Å²) in [6, 6.07) is 8.57. The number of carbonyl (C=O) groups excluding carboxylic acids is 3.